The van der Waals surface area contributed by atoms with Crippen LogP contribution in [0.4, 0.5) is 11.6 Å². The van der Waals surface area contributed by atoms with E-state index in [1.807, 2.05) is 6.07 Å². The first-order valence-electron chi connectivity index (χ1n) is 6.94. The highest BCUT2D eigenvalue weighted by molar-refractivity contribution is 5.48. The van der Waals surface area contributed by atoms with Gasteiger partial charge in [0.25, 0.3) is 0 Å². The lowest BCUT2D eigenvalue weighted by molar-refractivity contribution is 0.266. The molecule has 1 aliphatic heterocycles. The molecule has 2 heterocycles. The van der Waals surface area contributed by atoms with Gasteiger partial charge in [-0.25, -0.2) is 9.97 Å². The van der Waals surface area contributed by atoms with Crippen molar-refractivity contribution in [2.75, 3.05) is 37.8 Å². The molecule has 0 amide bonds. The minimum atomic E-state index is 0.298. The van der Waals surface area contributed by atoms with Gasteiger partial charge in [-0.15, -0.1) is 0 Å². The molecule has 0 spiro atoms. The molecule has 1 aromatic heterocycles. The van der Waals surface area contributed by atoms with Gasteiger partial charge in [-0.2, -0.15) is 0 Å². The number of nitrogen functional groups attached to an aromatic ring is 1. The molecule has 2 rings (SSSR count). The van der Waals surface area contributed by atoms with Gasteiger partial charge in [-0.3, -0.25) is 0 Å². The lowest BCUT2D eigenvalue weighted by Crippen LogP contribution is -2.34. The number of aromatic nitrogens is 2. The SMILES string of the molecule is CC(C)c1nc(N)cc(N2CC(C)C(N(C)C)C2)n1. The quantitative estimate of drug-likeness (QED) is 0.897. The van der Waals surface area contributed by atoms with Crippen molar-refractivity contribution in [1.82, 2.24) is 14.9 Å². The Kier molecular flexibility index (Phi) is 3.94. The van der Waals surface area contributed by atoms with E-state index in [0.717, 1.165) is 24.7 Å². The molecule has 5 nitrogen and oxygen atoms in total. The summed E-state index contributed by atoms with van der Waals surface area (Å²) in [6.07, 6.45) is 0. The molecule has 0 radical (unpaired) electrons. The van der Waals surface area contributed by atoms with Crippen LogP contribution in [0, 0.1) is 5.92 Å². The van der Waals surface area contributed by atoms with Crippen LogP contribution >= 0.6 is 0 Å². The normalized spacial score (nSPS) is 23.6. The van der Waals surface area contributed by atoms with E-state index in [4.69, 9.17) is 5.73 Å². The van der Waals surface area contributed by atoms with E-state index in [-0.39, 0.29) is 0 Å². The zero-order chi connectivity index (χ0) is 14.2. The van der Waals surface area contributed by atoms with Gasteiger partial charge in [-0.1, -0.05) is 20.8 Å². The molecule has 1 aromatic rings. The fourth-order valence-corrected chi connectivity index (χ4v) is 2.70. The fourth-order valence-electron chi connectivity index (χ4n) is 2.70. The molecule has 2 N–H and O–H groups in total. The summed E-state index contributed by atoms with van der Waals surface area (Å²) in [6, 6.07) is 2.45. The van der Waals surface area contributed by atoms with Crippen molar-refractivity contribution in [3.05, 3.63) is 11.9 Å². The number of anilines is 2. The average Bonchev–Trinajstić information content (AvgIpc) is 2.70. The Bertz CT molecular complexity index is 443. The Balaban J connectivity index is 2.23. The van der Waals surface area contributed by atoms with Gasteiger partial charge in [0.15, 0.2) is 0 Å². The number of nitrogens with two attached hydrogens (primary N) is 1. The Morgan fingerprint density at radius 1 is 1.32 bits per heavy atom. The maximum Gasteiger partial charge on any atom is 0.135 e. The van der Waals surface area contributed by atoms with Gasteiger partial charge in [0, 0.05) is 31.1 Å². The highest BCUT2D eigenvalue weighted by Gasteiger charge is 2.32. The first-order valence-corrected chi connectivity index (χ1v) is 6.94. The summed E-state index contributed by atoms with van der Waals surface area (Å²) < 4.78 is 0. The summed E-state index contributed by atoms with van der Waals surface area (Å²) in [4.78, 5) is 13.6. The molecule has 106 valence electrons. The topological polar surface area (TPSA) is 58.3 Å². The van der Waals surface area contributed by atoms with Gasteiger partial charge in [0.1, 0.15) is 17.5 Å². The molecule has 1 saturated heterocycles. The second-order valence-electron chi connectivity index (χ2n) is 6.08. The van der Waals surface area contributed by atoms with Crippen molar-refractivity contribution in [3.8, 4) is 0 Å². The molecular weight excluding hydrogens is 238 g/mol. The lowest BCUT2D eigenvalue weighted by atomic mass is 10.1. The molecule has 0 aromatic carbocycles. The van der Waals surface area contributed by atoms with Gasteiger partial charge in [0.2, 0.25) is 0 Å². The van der Waals surface area contributed by atoms with Crippen molar-refractivity contribution >= 4 is 11.6 Å². The monoisotopic (exact) mass is 263 g/mol. The number of rotatable bonds is 3. The van der Waals surface area contributed by atoms with E-state index in [0.29, 0.717) is 23.7 Å². The lowest BCUT2D eigenvalue weighted by Gasteiger charge is -2.23. The fraction of sp³-hybridized carbons (Fsp3) is 0.714. The standard InChI is InChI=1S/C14H25N5/c1-9(2)14-16-12(15)6-13(17-14)19-7-10(3)11(8-19)18(4)5/h6,9-11H,7-8H2,1-5H3,(H2,15,16,17). The Morgan fingerprint density at radius 3 is 2.53 bits per heavy atom. The second kappa shape index (κ2) is 5.33. The smallest absolute Gasteiger partial charge is 0.135 e. The maximum atomic E-state index is 5.91. The van der Waals surface area contributed by atoms with E-state index >= 15 is 0 Å². The Hall–Kier alpha value is -1.36. The van der Waals surface area contributed by atoms with Crippen LogP contribution in [-0.2, 0) is 0 Å². The predicted octanol–water partition coefficient (Wildman–Crippen LogP) is 1.57. The average molecular weight is 263 g/mol. The van der Waals surface area contributed by atoms with E-state index in [9.17, 15) is 0 Å². The molecule has 0 bridgehead atoms. The van der Waals surface area contributed by atoms with Gasteiger partial charge in [0.05, 0.1) is 0 Å². The molecule has 0 aliphatic carbocycles. The largest absolute Gasteiger partial charge is 0.384 e. The number of hydrogen-bond donors (Lipinski definition) is 1. The summed E-state index contributed by atoms with van der Waals surface area (Å²) in [5, 5.41) is 0. The molecule has 19 heavy (non-hydrogen) atoms. The van der Waals surface area contributed by atoms with E-state index in [1.54, 1.807) is 0 Å². The van der Waals surface area contributed by atoms with Crippen LogP contribution in [0.15, 0.2) is 6.07 Å². The summed E-state index contributed by atoms with van der Waals surface area (Å²) in [7, 11) is 4.27. The number of hydrogen-bond acceptors (Lipinski definition) is 5. The van der Waals surface area contributed by atoms with Crippen LogP contribution in [0.2, 0.25) is 0 Å². The van der Waals surface area contributed by atoms with Crippen LogP contribution < -0.4 is 10.6 Å². The van der Waals surface area contributed by atoms with Crippen LogP contribution in [-0.4, -0.2) is 48.1 Å². The summed E-state index contributed by atoms with van der Waals surface area (Å²) in [6.45, 7) is 8.50. The van der Waals surface area contributed by atoms with Gasteiger partial charge >= 0.3 is 0 Å². The predicted molar refractivity (Wildman–Crippen MR) is 79.4 cm³/mol. The number of likely N-dealkylation sites (N-methyl/N-ethyl adjacent to an activating group) is 1. The molecule has 2 unspecified atom stereocenters. The van der Waals surface area contributed by atoms with E-state index in [1.165, 1.54) is 0 Å². The molecule has 0 saturated carbocycles. The van der Waals surface area contributed by atoms with Crippen molar-refractivity contribution in [2.24, 2.45) is 5.92 Å². The second-order valence-corrected chi connectivity index (χ2v) is 6.08. The Labute approximate surface area is 115 Å². The first-order chi connectivity index (χ1) is 8.88. The highest BCUT2D eigenvalue weighted by atomic mass is 15.3. The number of nitrogens with zero attached hydrogens (tertiary/aromatic N) is 4. The molecule has 1 fully saturated rings. The third-order valence-corrected chi connectivity index (χ3v) is 3.83. The van der Waals surface area contributed by atoms with E-state index < -0.39 is 0 Å². The Morgan fingerprint density at radius 2 is 2.00 bits per heavy atom. The van der Waals surface area contributed by atoms with Gasteiger partial charge in [-0.05, 0) is 20.0 Å². The van der Waals surface area contributed by atoms with Crippen LogP contribution in [0.1, 0.15) is 32.5 Å². The van der Waals surface area contributed by atoms with Gasteiger partial charge < -0.3 is 15.5 Å². The van der Waals surface area contributed by atoms with Crippen LogP contribution in [0.5, 0.6) is 0 Å². The third kappa shape index (κ3) is 2.97. The zero-order valence-electron chi connectivity index (χ0n) is 12.6. The molecular formula is C14H25N5. The highest BCUT2D eigenvalue weighted by Crippen LogP contribution is 2.26. The van der Waals surface area contributed by atoms with Crippen molar-refractivity contribution in [2.45, 2.75) is 32.7 Å². The van der Waals surface area contributed by atoms with Crippen molar-refractivity contribution < 1.29 is 0 Å². The molecule has 1 aliphatic rings. The summed E-state index contributed by atoms with van der Waals surface area (Å²) in [5.74, 6) is 3.29. The molecule has 5 heteroatoms. The zero-order valence-corrected chi connectivity index (χ0v) is 12.6. The summed E-state index contributed by atoms with van der Waals surface area (Å²) in [5.41, 5.74) is 5.91. The van der Waals surface area contributed by atoms with Crippen LogP contribution in [0.25, 0.3) is 0 Å². The minimum Gasteiger partial charge on any atom is -0.384 e. The molecule has 2 atom stereocenters. The van der Waals surface area contributed by atoms with Crippen molar-refractivity contribution in [1.29, 1.82) is 0 Å². The van der Waals surface area contributed by atoms with Crippen molar-refractivity contribution in [3.63, 3.8) is 0 Å². The third-order valence-electron chi connectivity index (χ3n) is 3.83. The van der Waals surface area contributed by atoms with Crippen LogP contribution in [0.3, 0.4) is 0 Å². The van der Waals surface area contributed by atoms with E-state index in [2.05, 4.69) is 54.6 Å². The minimum absolute atomic E-state index is 0.298. The first kappa shape index (κ1) is 14.1. The maximum absolute atomic E-state index is 5.91. The summed E-state index contributed by atoms with van der Waals surface area (Å²) >= 11 is 0.